The molecule has 0 unspecified atom stereocenters. The number of aromatic nitrogens is 2. The third-order valence-electron chi connectivity index (χ3n) is 2.38. The zero-order valence-electron chi connectivity index (χ0n) is 9.72. The highest BCUT2D eigenvalue weighted by Gasteiger charge is 2.10. The van der Waals surface area contributed by atoms with Crippen LogP contribution in [0.5, 0.6) is 0 Å². The van der Waals surface area contributed by atoms with E-state index < -0.39 is 5.97 Å². The molecule has 2 heterocycles. The fourth-order valence-corrected chi connectivity index (χ4v) is 1.74. The van der Waals surface area contributed by atoms with Crippen molar-refractivity contribution >= 4 is 23.2 Å². The maximum Gasteiger partial charge on any atom is 0.310 e. The van der Waals surface area contributed by atoms with Crippen LogP contribution in [0.4, 0.5) is 0 Å². The molecule has 0 aliphatic carbocycles. The number of carbonyl (C=O) groups is 1. The minimum Gasteiger partial charge on any atom is -0.466 e. The van der Waals surface area contributed by atoms with Crippen LogP contribution in [0.2, 0.25) is 5.02 Å². The second-order valence-corrected chi connectivity index (χ2v) is 4.08. The lowest BCUT2D eigenvalue weighted by molar-refractivity contribution is -0.142. The van der Waals surface area contributed by atoms with Crippen LogP contribution in [0, 0.1) is 0 Å². The molecule has 0 aliphatic heterocycles. The predicted molar refractivity (Wildman–Crippen MR) is 66.8 cm³/mol. The highest BCUT2D eigenvalue weighted by Crippen LogP contribution is 2.08. The average molecular weight is 267 g/mol. The van der Waals surface area contributed by atoms with Crippen LogP contribution in [0.25, 0.3) is 5.65 Å². The highest BCUT2D eigenvalue weighted by molar-refractivity contribution is 6.30. The number of hydrogen-bond donors (Lipinski definition) is 0. The Morgan fingerprint density at radius 3 is 3.00 bits per heavy atom. The van der Waals surface area contributed by atoms with Gasteiger partial charge < -0.3 is 4.74 Å². The van der Waals surface area contributed by atoms with Gasteiger partial charge in [-0.2, -0.15) is 0 Å². The summed E-state index contributed by atoms with van der Waals surface area (Å²) >= 11 is 5.82. The van der Waals surface area contributed by atoms with Crippen molar-refractivity contribution in [3.63, 3.8) is 0 Å². The second-order valence-electron chi connectivity index (χ2n) is 3.65. The van der Waals surface area contributed by atoms with E-state index in [1.54, 1.807) is 19.1 Å². The molecule has 0 fully saturated rings. The van der Waals surface area contributed by atoms with Crippen molar-refractivity contribution in [3.05, 3.63) is 45.5 Å². The van der Waals surface area contributed by atoms with Crippen LogP contribution in [-0.4, -0.2) is 22.0 Å². The minimum absolute atomic E-state index is 0.0882. The smallest absolute Gasteiger partial charge is 0.310 e. The Morgan fingerprint density at radius 1 is 1.50 bits per heavy atom. The maximum absolute atomic E-state index is 12.1. The van der Waals surface area contributed by atoms with E-state index in [1.165, 1.54) is 16.8 Å². The number of nitrogens with zero attached hydrogens (tertiary/aromatic N) is 2. The molecule has 2 rings (SSSR count). The Morgan fingerprint density at radius 2 is 2.28 bits per heavy atom. The summed E-state index contributed by atoms with van der Waals surface area (Å²) in [5.74, 6) is -0.446. The number of pyridine rings is 1. The molecule has 0 amide bonds. The molecular formula is C12H11ClN2O3. The Balaban J connectivity index is 2.44. The molecule has 18 heavy (non-hydrogen) atoms. The van der Waals surface area contributed by atoms with Gasteiger partial charge in [-0.05, 0) is 19.1 Å². The SMILES string of the molecule is CCOC(=O)Cc1cnc2ccc(Cl)cn2c1=O. The molecular weight excluding hydrogens is 256 g/mol. The summed E-state index contributed by atoms with van der Waals surface area (Å²) in [4.78, 5) is 27.5. The zero-order chi connectivity index (χ0) is 13.1. The first-order valence-corrected chi connectivity index (χ1v) is 5.81. The number of fused-ring (bicyclic) bond motifs is 1. The molecule has 0 radical (unpaired) electrons. The van der Waals surface area contributed by atoms with Crippen molar-refractivity contribution in [1.29, 1.82) is 0 Å². The van der Waals surface area contributed by atoms with Gasteiger partial charge in [-0.15, -0.1) is 0 Å². The number of halogens is 1. The molecule has 94 valence electrons. The quantitative estimate of drug-likeness (QED) is 0.789. The van der Waals surface area contributed by atoms with Crippen molar-refractivity contribution in [2.24, 2.45) is 0 Å². The van der Waals surface area contributed by atoms with Gasteiger partial charge in [0.1, 0.15) is 5.65 Å². The van der Waals surface area contributed by atoms with E-state index in [-0.39, 0.29) is 24.2 Å². The molecule has 0 bridgehead atoms. The van der Waals surface area contributed by atoms with Gasteiger partial charge in [0.25, 0.3) is 5.56 Å². The average Bonchev–Trinajstić information content (AvgIpc) is 2.34. The summed E-state index contributed by atoms with van der Waals surface area (Å²) in [6.07, 6.45) is 2.78. The lowest BCUT2D eigenvalue weighted by atomic mass is 10.2. The maximum atomic E-state index is 12.1. The predicted octanol–water partition coefficient (Wildman–Crippen LogP) is 1.45. The molecule has 0 spiro atoms. The van der Waals surface area contributed by atoms with Crippen molar-refractivity contribution in [1.82, 2.24) is 9.38 Å². The van der Waals surface area contributed by atoms with Gasteiger partial charge in [0.05, 0.1) is 18.1 Å². The fourth-order valence-electron chi connectivity index (χ4n) is 1.58. The Hall–Kier alpha value is -1.88. The summed E-state index contributed by atoms with van der Waals surface area (Å²) in [5.41, 5.74) is 0.459. The first-order valence-electron chi connectivity index (χ1n) is 5.43. The van der Waals surface area contributed by atoms with Crippen molar-refractivity contribution in [2.75, 3.05) is 6.61 Å². The molecule has 2 aromatic heterocycles. The summed E-state index contributed by atoms with van der Waals surface area (Å²) in [6.45, 7) is 2.00. The summed E-state index contributed by atoms with van der Waals surface area (Å²) in [5, 5.41) is 0.430. The molecule has 6 heteroatoms. The Labute approximate surface area is 108 Å². The lowest BCUT2D eigenvalue weighted by Gasteiger charge is -2.04. The van der Waals surface area contributed by atoms with Gasteiger partial charge >= 0.3 is 5.97 Å². The standard InChI is InChI=1S/C12H11ClN2O3/c1-2-18-11(16)5-8-6-14-10-4-3-9(13)7-15(10)12(8)17/h3-4,6-7H,2,5H2,1H3. The molecule has 0 aromatic carbocycles. The van der Waals surface area contributed by atoms with E-state index in [0.29, 0.717) is 10.7 Å². The van der Waals surface area contributed by atoms with E-state index in [1.807, 2.05) is 0 Å². The Bertz CT molecular complexity index is 651. The van der Waals surface area contributed by atoms with Crippen molar-refractivity contribution < 1.29 is 9.53 Å². The van der Waals surface area contributed by atoms with Crippen LogP contribution < -0.4 is 5.56 Å². The van der Waals surface area contributed by atoms with E-state index >= 15 is 0 Å². The van der Waals surface area contributed by atoms with Crippen LogP contribution in [-0.2, 0) is 16.0 Å². The van der Waals surface area contributed by atoms with E-state index in [2.05, 4.69) is 4.98 Å². The van der Waals surface area contributed by atoms with Crippen LogP contribution >= 0.6 is 11.6 Å². The second kappa shape index (κ2) is 5.18. The number of rotatable bonds is 3. The van der Waals surface area contributed by atoms with Crippen molar-refractivity contribution in [3.8, 4) is 0 Å². The van der Waals surface area contributed by atoms with E-state index in [9.17, 15) is 9.59 Å². The van der Waals surface area contributed by atoms with Crippen molar-refractivity contribution in [2.45, 2.75) is 13.3 Å². The summed E-state index contributed by atoms with van der Waals surface area (Å²) < 4.78 is 6.11. The number of ether oxygens (including phenoxy) is 1. The van der Waals surface area contributed by atoms with Gasteiger partial charge in [-0.25, -0.2) is 4.98 Å². The van der Waals surface area contributed by atoms with Gasteiger partial charge in [-0.3, -0.25) is 14.0 Å². The lowest BCUT2D eigenvalue weighted by Crippen LogP contribution is -2.22. The molecule has 2 aromatic rings. The van der Waals surface area contributed by atoms with Crippen LogP contribution in [0.15, 0.2) is 29.3 Å². The summed E-state index contributed by atoms with van der Waals surface area (Å²) in [7, 11) is 0. The fraction of sp³-hybridized carbons (Fsp3) is 0.250. The van der Waals surface area contributed by atoms with Gasteiger partial charge in [-0.1, -0.05) is 11.6 Å². The first kappa shape index (κ1) is 12.6. The molecule has 0 aliphatic rings. The van der Waals surface area contributed by atoms with Gasteiger partial charge in [0.15, 0.2) is 0 Å². The third-order valence-corrected chi connectivity index (χ3v) is 2.60. The van der Waals surface area contributed by atoms with Gasteiger partial charge in [0.2, 0.25) is 0 Å². The van der Waals surface area contributed by atoms with E-state index in [0.717, 1.165) is 0 Å². The molecule has 0 saturated carbocycles. The normalized spacial score (nSPS) is 10.6. The minimum atomic E-state index is -0.446. The first-order chi connectivity index (χ1) is 8.61. The van der Waals surface area contributed by atoms with Crippen LogP contribution in [0.3, 0.4) is 0 Å². The highest BCUT2D eigenvalue weighted by atomic mass is 35.5. The number of hydrogen-bond acceptors (Lipinski definition) is 4. The monoisotopic (exact) mass is 266 g/mol. The number of esters is 1. The molecule has 5 nitrogen and oxygen atoms in total. The zero-order valence-corrected chi connectivity index (χ0v) is 10.5. The third kappa shape index (κ3) is 2.51. The topological polar surface area (TPSA) is 60.7 Å². The van der Waals surface area contributed by atoms with Crippen LogP contribution in [0.1, 0.15) is 12.5 Å². The largest absolute Gasteiger partial charge is 0.466 e. The summed E-state index contributed by atoms with van der Waals surface area (Å²) in [6, 6.07) is 3.28. The molecule has 0 N–H and O–H groups in total. The Kier molecular flexibility index (Phi) is 3.62. The van der Waals surface area contributed by atoms with E-state index in [4.69, 9.17) is 16.3 Å². The number of carbonyl (C=O) groups excluding carboxylic acids is 1. The molecule has 0 atom stereocenters. The molecule has 0 saturated heterocycles. The van der Waals surface area contributed by atoms with Gasteiger partial charge in [0, 0.05) is 18.0 Å².